The van der Waals surface area contributed by atoms with E-state index in [4.69, 9.17) is 19.2 Å². The summed E-state index contributed by atoms with van der Waals surface area (Å²) in [6, 6.07) is 21.8. The third-order valence-corrected chi connectivity index (χ3v) is 5.85. The van der Waals surface area contributed by atoms with E-state index in [1.165, 1.54) is 75.8 Å². The summed E-state index contributed by atoms with van der Waals surface area (Å²) in [4.78, 5) is 24.3. The smallest absolute Gasteiger partial charge is 0.0758 e. The maximum atomic E-state index is 8.66. The van der Waals surface area contributed by atoms with E-state index in [1.54, 1.807) is 0 Å². The van der Waals surface area contributed by atoms with Gasteiger partial charge < -0.3 is 57.3 Å². The average Bonchev–Trinajstić information content (AvgIpc) is 2.76. The van der Waals surface area contributed by atoms with Gasteiger partial charge in [-0.15, -0.1) is 0 Å². The molecule has 36 heavy (non-hydrogen) atoms. The Hall–Kier alpha value is -1.73. The van der Waals surface area contributed by atoms with Gasteiger partial charge in [0, 0.05) is 0 Å². The predicted molar refractivity (Wildman–Crippen MR) is 137 cm³/mol. The molecule has 2 aromatic carbocycles. The standard InChI is InChI=1S/2C12H17N.H3O4P.5H2O/c2*1-2-4-11(5-3-1)10-12-6-8-13-9-7-12;1-5(2,3)4;;;;;/h2*1-5,12-13H,6-10H2;(H3,1,2,3,4);5*1H2. The second-order valence-electron chi connectivity index (χ2n) is 8.47. The first-order chi connectivity index (χ1) is 14.9. The number of hydrogen-bond acceptors (Lipinski definition) is 3. The molecule has 0 aromatic heterocycles. The molecule has 0 spiro atoms. The van der Waals surface area contributed by atoms with Crippen LogP contribution in [0, 0.1) is 11.8 Å². The Labute approximate surface area is 213 Å². The highest BCUT2D eigenvalue weighted by molar-refractivity contribution is 7.42. The molecule has 2 aromatic rings. The van der Waals surface area contributed by atoms with E-state index in [-0.39, 0.29) is 27.4 Å². The second-order valence-corrected chi connectivity index (χ2v) is 9.40. The summed E-state index contributed by atoms with van der Waals surface area (Å²) in [6.45, 7) is 5.32. The van der Waals surface area contributed by atoms with E-state index in [1.807, 2.05) is 0 Å². The Bertz CT molecular complexity index is 691. The molecule has 2 saturated heterocycles. The van der Waals surface area contributed by atoms with Gasteiger partial charge in [0.05, 0.1) is 34.0 Å². The maximum absolute atomic E-state index is 8.66. The Morgan fingerprint density at radius 1 is 0.639 bits per heavy atom. The molecular weight excluding hydrogens is 491 g/mol. The van der Waals surface area contributed by atoms with Crippen LogP contribution in [0.4, 0.5) is 0 Å². The van der Waals surface area contributed by atoms with Crippen molar-refractivity contribution in [1.82, 2.24) is 0 Å². The summed E-state index contributed by atoms with van der Waals surface area (Å²) in [7, 11) is -5.14. The second kappa shape index (κ2) is 23.7. The van der Waals surface area contributed by atoms with Crippen molar-refractivity contribution in [2.24, 2.45) is 11.8 Å². The molecule has 15 N–H and O–H groups in total. The quantitative estimate of drug-likeness (QED) is 0.329. The molecule has 0 bridgehead atoms. The normalized spacial score (nSPS) is 15.2. The fourth-order valence-electron chi connectivity index (χ4n) is 4.29. The zero-order valence-electron chi connectivity index (χ0n) is 20.8. The molecule has 2 aliphatic heterocycles. The fraction of sp³-hybridized carbons (Fsp3) is 0.500. The van der Waals surface area contributed by atoms with Gasteiger partial charge in [0.2, 0.25) is 0 Å². The molecule has 2 aliphatic rings. The summed E-state index contributed by atoms with van der Waals surface area (Å²) in [5.41, 5.74) is 3.02. The SMILES string of the molecule is O.O.O.O.O.O=P([O-])([O-])O.c1ccc(CC2CC[NH2+]CC2)cc1.c1ccc(CC2CC[NH2+]CC2)cc1. The molecule has 11 nitrogen and oxygen atoms in total. The van der Waals surface area contributed by atoms with Crippen molar-refractivity contribution >= 4 is 7.82 Å². The molecule has 0 amide bonds. The van der Waals surface area contributed by atoms with Gasteiger partial charge in [-0.05, 0) is 61.5 Å². The topological polar surface area (TPSA) is 274 Å². The van der Waals surface area contributed by atoms with Crippen LogP contribution in [-0.2, 0) is 17.4 Å². The van der Waals surface area contributed by atoms with E-state index < -0.39 is 7.82 Å². The number of benzene rings is 2. The summed E-state index contributed by atoms with van der Waals surface area (Å²) in [5.74, 6) is 1.87. The lowest BCUT2D eigenvalue weighted by molar-refractivity contribution is -0.665. The highest BCUT2D eigenvalue weighted by atomic mass is 31.2. The fourth-order valence-corrected chi connectivity index (χ4v) is 4.29. The molecule has 0 radical (unpaired) electrons. The summed E-state index contributed by atoms with van der Waals surface area (Å²) < 4.78 is 8.66. The van der Waals surface area contributed by atoms with Crippen molar-refractivity contribution in [3.05, 3.63) is 71.8 Å². The van der Waals surface area contributed by atoms with Crippen LogP contribution in [0.1, 0.15) is 36.8 Å². The summed E-state index contributed by atoms with van der Waals surface area (Å²) in [5, 5.41) is 4.86. The Kier molecular flexibility index (Phi) is 27.2. The molecule has 212 valence electrons. The number of hydrogen-bond donors (Lipinski definition) is 3. The van der Waals surface area contributed by atoms with Crippen LogP contribution in [0.2, 0.25) is 0 Å². The molecule has 0 saturated carbocycles. The zero-order valence-corrected chi connectivity index (χ0v) is 21.7. The lowest BCUT2D eigenvalue weighted by atomic mass is 9.91. The molecule has 0 unspecified atom stereocenters. The van der Waals surface area contributed by atoms with Crippen LogP contribution in [-0.4, -0.2) is 58.5 Å². The van der Waals surface area contributed by atoms with Crippen molar-refractivity contribution in [3.8, 4) is 0 Å². The summed E-state index contributed by atoms with van der Waals surface area (Å²) >= 11 is 0. The number of nitrogens with two attached hydrogens (primary N) is 2. The van der Waals surface area contributed by atoms with Crippen molar-refractivity contribution in [2.45, 2.75) is 38.5 Å². The molecule has 4 rings (SSSR count). The van der Waals surface area contributed by atoms with Gasteiger partial charge >= 0.3 is 0 Å². The molecule has 2 fully saturated rings. The van der Waals surface area contributed by atoms with Gasteiger partial charge in [-0.3, -0.25) is 0 Å². The Balaban J connectivity index is -0.000000215. The minimum atomic E-state index is -5.14. The van der Waals surface area contributed by atoms with Crippen LogP contribution >= 0.6 is 7.82 Å². The van der Waals surface area contributed by atoms with Crippen molar-refractivity contribution in [2.75, 3.05) is 26.2 Å². The first kappa shape index (κ1) is 41.4. The van der Waals surface area contributed by atoms with Crippen LogP contribution in [0.5, 0.6) is 0 Å². The molecule has 2 heterocycles. The van der Waals surface area contributed by atoms with Gasteiger partial charge in [-0.2, -0.15) is 0 Å². The molecule has 0 aliphatic carbocycles. The van der Waals surface area contributed by atoms with E-state index >= 15 is 0 Å². The highest BCUT2D eigenvalue weighted by Crippen LogP contribution is 2.16. The monoisotopic (exact) mass is 538 g/mol. The van der Waals surface area contributed by atoms with Crippen LogP contribution in [0.3, 0.4) is 0 Å². The van der Waals surface area contributed by atoms with Crippen LogP contribution in [0.15, 0.2) is 60.7 Å². The van der Waals surface area contributed by atoms with Crippen LogP contribution < -0.4 is 20.4 Å². The minimum Gasteiger partial charge on any atom is -0.790 e. The minimum absolute atomic E-state index is 0. The van der Waals surface area contributed by atoms with E-state index in [9.17, 15) is 0 Å². The van der Waals surface area contributed by atoms with Crippen molar-refractivity contribution in [3.63, 3.8) is 0 Å². The van der Waals surface area contributed by atoms with Gasteiger partial charge in [-0.1, -0.05) is 60.7 Å². The Morgan fingerprint density at radius 3 is 1.14 bits per heavy atom. The average molecular weight is 539 g/mol. The highest BCUT2D eigenvalue weighted by Gasteiger charge is 2.16. The Morgan fingerprint density at radius 2 is 0.889 bits per heavy atom. The first-order valence-electron chi connectivity index (χ1n) is 11.4. The maximum Gasteiger partial charge on any atom is 0.0758 e. The zero-order chi connectivity index (χ0) is 22.4. The van der Waals surface area contributed by atoms with Gasteiger partial charge in [0.25, 0.3) is 0 Å². The van der Waals surface area contributed by atoms with Gasteiger partial charge in [0.1, 0.15) is 0 Å². The lowest BCUT2D eigenvalue weighted by Gasteiger charge is -2.20. The molecule has 12 heteroatoms. The number of rotatable bonds is 4. The number of piperidine rings is 2. The van der Waals surface area contributed by atoms with Crippen LogP contribution in [0.25, 0.3) is 0 Å². The largest absolute Gasteiger partial charge is 0.790 e. The van der Waals surface area contributed by atoms with E-state index in [2.05, 4.69) is 71.3 Å². The van der Waals surface area contributed by atoms with Crippen molar-refractivity contribution in [1.29, 1.82) is 0 Å². The summed E-state index contributed by atoms with van der Waals surface area (Å²) in [6.07, 6.45) is 8.16. The van der Waals surface area contributed by atoms with Gasteiger partial charge in [0.15, 0.2) is 0 Å². The third kappa shape index (κ3) is 21.5. The van der Waals surface area contributed by atoms with Gasteiger partial charge in [-0.25, -0.2) is 0 Å². The van der Waals surface area contributed by atoms with Crippen molar-refractivity contribution < 1.29 is 57.3 Å². The number of quaternary nitrogens is 2. The van der Waals surface area contributed by atoms with E-state index in [0.29, 0.717) is 0 Å². The first-order valence-corrected chi connectivity index (χ1v) is 12.9. The lowest BCUT2D eigenvalue weighted by Crippen LogP contribution is -2.86. The molecular formula is C24H47N2O9P. The third-order valence-electron chi connectivity index (χ3n) is 5.85. The van der Waals surface area contributed by atoms with E-state index in [0.717, 1.165) is 11.8 Å². The predicted octanol–water partition coefficient (Wildman–Crippen LogP) is -3.91. The molecule has 0 atom stereocenters. The number of phosphoric acid groups is 1.